The summed E-state index contributed by atoms with van der Waals surface area (Å²) >= 11 is 1.43. The Labute approximate surface area is 152 Å². The molecule has 1 heterocycles. The molecule has 0 aliphatic heterocycles. The Morgan fingerprint density at radius 3 is 2.36 bits per heavy atom. The van der Waals surface area contributed by atoms with E-state index in [-0.39, 0.29) is 5.91 Å². The number of nitrogens with one attached hydrogen (secondary N) is 1. The predicted molar refractivity (Wildman–Crippen MR) is 106 cm³/mol. The lowest BCUT2D eigenvalue weighted by Gasteiger charge is -2.20. The van der Waals surface area contributed by atoms with Gasteiger partial charge in [0, 0.05) is 35.3 Å². The molecular formula is C20H21N3OS. The molecule has 0 unspecified atom stereocenters. The van der Waals surface area contributed by atoms with E-state index in [1.165, 1.54) is 11.3 Å². The first-order valence-electron chi connectivity index (χ1n) is 8.38. The Morgan fingerprint density at radius 1 is 1.04 bits per heavy atom. The minimum atomic E-state index is -0.139. The molecule has 3 rings (SSSR count). The van der Waals surface area contributed by atoms with E-state index < -0.39 is 0 Å². The summed E-state index contributed by atoms with van der Waals surface area (Å²) in [6.45, 7) is 6.14. The number of anilines is 2. The average molecular weight is 351 g/mol. The highest BCUT2D eigenvalue weighted by molar-refractivity contribution is 7.14. The van der Waals surface area contributed by atoms with E-state index in [1.807, 2.05) is 60.0 Å². The van der Waals surface area contributed by atoms with Crippen LogP contribution in [-0.2, 0) is 0 Å². The number of rotatable bonds is 6. The molecule has 1 N–H and O–H groups in total. The van der Waals surface area contributed by atoms with Crippen molar-refractivity contribution in [1.29, 1.82) is 0 Å². The van der Waals surface area contributed by atoms with Gasteiger partial charge in [0.1, 0.15) is 0 Å². The third kappa shape index (κ3) is 4.06. The van der Waals surface area contributed by atoms with Crippen LogP contribution in [0, 0.1) is 0 Å². The standard InChI is InChI=1S/C20H21N3OS/c1-3-23(4-2)17-12-10-16(11-13-17)19(24)22-20-21-18(14-25-20)15-8-6-5-7-9-15/h5-14H,3-4H2,1-2H3,(H,21,22,24). The molecular weight excluding hydrogens is 330 g/mol. The normalized spacial score (nSPS) is 10.5. The summed E-state index contributed by atoms with van der Waals surface area (Å²) in [5.74, 6) is -0.139. The number of benzene rings is 2. The van der Waals surface area contributed by atoms with E-state index >= 15 is 0 Å². The summed E-state index contributed by atoms with van der Waals surface area (Å²) in [6, 6.07) is 17.6. The number of amides is 1. The van der Waals surface area contributed by atoms with Crippen molar-refractivity contribution < 1.29 is 4.79 Å². The highest BCUT2D eigenvalue weighted by Gasteiger charge is 2.11. The van der Waals surface area contributed by atoms with E-state index in [4.69, 9.17) is 0 Å². The number of thiazole rings is 1. The van der Waals surface area contributed by atoms with E-state index in [9.17, 15) is 4.79 Å². The molecule has 2 aromatic carbocycles. The fourth-order valence-corrected chi connectivity index (χ4v) is 3.37. The second-order valence-electron chi connectivity index (χ2n) is 5.58. The molecule has 4 nitrogen and oxygen atoms in total. The van der Waals surface area contributed by atoms with Crippen LogP contribution in [0.25, 0.3) is 11.3 Å². The lowest BCUT2D eigenvalue weighted by molar-refractivity contribution is 0.102. The summed E-state index contributed by atoms with van der Waals surface area (Å²) in [5.41, 5.74) is 3.68. The Hall–Kier alpha value is -2.66. The Balaban J connectivity index is 1.69. The molecule has 0 atom stereocenters. The van der Waals surface area contributed by atoms with Crippen molar-refractivity contribution in [3.05, 3.63) is 65.5 Å². The molecule has 0 radical (unpaired) electrons. The molecule has 5 heteroatoms. The predicted octanol–water partition coefficient (Wildman–Crippen LogP) is 4.91. The van der Waals surface area contributed by atoms with Gasteiger partial charge in [-0.3, -0.25) is 10.1 Å². The van der Waals surface area contributed by atoms with Crippen molar-refractivity contribution >= 4 is 28.1 Å². The first-order chi connectivity index (χ1) is 12.2. The number of hydrogen-bond donors (Lipinski definition) is 1. The van der Waals surface area contributed by atoms with Gasteiger partial charge in [0.15, 0.2) is 5.13 Å². The van der Waals surface area contributed by atoms with E-state index in [0.29, 0.717) is 10.7 Å². The fraction of sp³-hybridized carbons (Fsp3) is 0.200. The van der Waals surface area contributed by atoms with E-state index in [2.05, 4.69) is 29.0 Å². The number of carbonyl (C=O) groups excluding carboxylic acids is 1. The summed E-state index contributed by atoms with van der Waals surface area (Å²) in [5, 5.41) is 5.44. The molecule has 3 aromatic rings. The number of nitrogens with zero attached hydrogens (tertiary/aromatic N) is 2. The summed E-state index contributed by atoms with van der Waals surface area (Å²) < 4.78 is 0. The number of aromatic nitrogens is 1. The van der Waals surface area contributed by atoms with Crippen LogP contribution in [0.2, 0.25) is 0 Å². The fourth-order valence-electron chi connectivity index (χ4n) is 2.65. The van der Waals surface area contributed by atoms with Gasteiger partial charge < -0.3 is 4.90 Å². The van der Waals surface area contributed by atoms with Crippen LogP contribution in [0.3, 0.4) is 0 Å². The van der Waals surface area contributed by atoms with Crippen molar-refractivity contribution in [3.63, 3.8) is 0 Å². The molecule has 1 aromatic heterocycles. The average Bonchev–Trinajstić information content (AvgIpc) is 3.12. The highest BCUT2D eigenvalue weighted by Crippen LogP contribution is 2.25. The van der Waals surface area contributed by atoms with Crippen molar-refractivity contribution in [2.24, 2.45) is 0 Å². The van der Waals surface area contributed by atoms with Gasteiger partial charge in [-0.2, -0.15) is 0 Å². The minimum Gasteiger partial charge on any atom is -0.372 e. The maximum Gasteiger partial charge on any atom is 0.257 e. The second-order valence-corrected chi connectivity index (χ2v) is 6.44. The van der Waals surface area contributed by atoms with Crippen molar-refractivity contribution in [2.75, 3.05) is 23.3 Å². The molecule has 0 spiro atoms. The lowest BCUT2D eigenvalue weighted by Crippen LogP contribution is -2.21. The molecule has 128 valence electrons. The zero-order chi connectivity index (χ0) is 17.6. The van der Waals surface area contributed by atoms with Gasteiger partial charge in [-0.05, 0) is 38.1 Å². The monoisotopic (exact) mass is 351 g/mol. The van der Waals surface area contributed by atoms with E-state index in [1.54, 1.807) is 0 Å². The molecule has 25 heavy (non-hydrogen) atoms. The molecule has 0 aliphatic rings. The van der Waals surface area contributed by atoms with Crippen molar-refractivity contribution in [2.45, 2.75) is 13.8 Å². The zero-order valence-corrected chi connectivity index (χ0v) is 15.2. The Kier molecular flexibility index (Phi) is 5.46. The third-order valence-electron chi connectivity index (χ3n) is 4.05. The number of hydrogen-bond acceptors (Lipinski definition) is 4. The molecule has 0 bridgehead atoms. The maximum absolute atomic E-state index is 12.4. The summed E-state index contributed by atoms with van der Waals surface area (Å²) in [4.78, 5) is 19.2. The highest BCUT2D eigenvalue weighted by atomic mass is 32.1. The lowest BCUT2D eigenvalue weighted by atomic mass is 10.2. The van der Waals surface area contributed by atoms with Crippen LogP contribution >= 0.6 is 11.3 Å². The van der Waals surface area contributed by atoms with Gasteiger partial charge in [0.05, 0.1) is 5.69 Å². The van der Waals surface area contributed by atoms with Crippen LogP contribution < -0.4 is 10.2 Å². The molecule has 0 aliphatic carbocycles. The molecule has 0 saturated heterocycles. The Morgan fingerprint density at radius 2 is 1.72 bits per heavy atom. The first-order valence-corrected chi connectivity index (χ1v) is 9.26. The van der Waals surface area contributed by atoms with Gasteiger partial charge in [-0.1, -0.05) is 30.3 Å². The van der Waals surface area contributed by atoms with Gasteiger partial charge >= 0.3 is 0 Å². The Bertz CT molecular complexity index is 824. The quantitative estimate of drug-likeness (QED) is 0.686. The van der Waals surface area contributed by atoms with Crippen LogP contribution in [0.1, 0.15) is 24.2 Å². The SMILES string of the molecule is CCN(CC)c1ccc(C(=O)Nc2nc(-c3ccccc3)cs2)cc1. The topological polar surface area (TPSA) is 45.2 Å². The second kappa shape index (κ2) is 7.94. The van der Waals surface area contributed by atoms with Crippen LogP contribution in [0.5, 0.6) is 0 Å². The van der Waals surface area contributed by atoms with Crippen molar-refractivity contribution in [3.8, 4) is 11.3 Å². The number of carbonyl (C=O) groups is 1. The largest absolute Gasteiger partial charge is 0.372 e. The van der Waals surface area contributed by atoms with Crippen LogP contribution in [0.4, 0.5) is 10.8 Å². The minimum absolute atomic E-state index is 0.139. The zero-order valence-electron chi connectivity index (χ0n) is 14.4. The summed E-state index contributed by atoms with van der Waals surface area (Å²) in [6.07, 6.45) is 0. The molecule has 1 amide bonds. The van der Waals surface area contributed by atoms with Crippen LogP contribution in [-0.4, -0.2) is 24.0 Å². The molecule has 0 fully saturated rings. The van der Waals surface area contributed by atoms with Crippen molar-refractivity contribution in [1.82, 2.24) is 4.98 Å². The van der Waals surface area contributed by atoms with E-state index in [0.717, 1.165) is 30.0 Å². The van der Waals surface area contributed by atoms with Gasteiger partial charge in [0.2, 0.25) is 0 Å². The molecule has 0 saturated carbocycles. The first kappa shape index (κ1) is 17.2. The maximum atomic E-state index is 12.4. The van der Waals surface area contributed by atoms with Crippen LogP contribution in [0.15, 0.2) is 60.0 Å². The van der Waals surface area contributed by atoms with Gasteiger partial charge in [-0.15, -0.1) is 11.3 Å². The summed E-state index contributed by atoms with van der Waals surface area (Å²) in [7, 11) is 0. The third-order valence-corrected chi connectivity index (χ3v) is 4.81. The van der Waals surface area contributed by atoms with Gasteiger partial charge in [-0.25, -0.2) is 4.98 Å². The smallest absolute Gasteiger partial charge is 0.257 e. The van der Waals surface area contributed by atoms with Gasteiger partial charge in [0.25, 0.3) is 5.91 Å².